The number of carbonyl (C=O) groups excluding carboxylic acids is 1. The van der Waals surface area contributed by atoms with E-state index in [1.54, 1.807) is 19.1 Å². The summed E-state index contributed by atoms with van der Waals surface area (Å²) in [6, 6.07) is 9.97. The van der Waals surface area contributed by atoms with Crippen molar-refractivity contribution in [2.24, 2.45) is 0 Å². The highest BCUT2D eigenvalue weighted by atomic mass is 19.4. The molecule has 0 aliphatic heterocycles. The maximum atomic E-state index is 13.1. The zero-order chi connectivity index (χ0) is 15.6. The number of aryl methyl sites for hydroxylation is 1. The second-order valence-corrected chi connectivity index (χ2v) is 4.64. The van der Waals surface area contributed by atoms with Gasteiger partial charge in [-0.15, -0.1) is 0 Å². The molecule has 0 amide bonds. The third-order valence-corrected chi connectivity index (χ3v) is 2.91. The van der Waals surface area contributed by atoms with Crippen LogP contribution in [0, 0.1) is 6.92 Å². The fourth-order valence-electron chi connectivity index (χ4n) is 2.06. The van der Waals surface area contributed by atoms with E-state index in [4.69, 9.17) is 4.74 Å². The van der Waals surface area contributed by atoms with E-state index in [0.29, 0.717) is 0 Å². The number of benzene rings is 2. The van der Waals surface area contributed by atoms with E-state index in [2.05, 4.69) is 0 Å². The highest BCUT2D eigenvalue weighted by molar-refractivity contribution is 5.78. The Balaban J connectivity index is 2.67. The zero-order valence-electron chi connectivity index (χ0n) is 11.5. The molecule has 5 heteroatoms. The summed E-state index contributed by atoms with van der Waals surface area (Å²) in [5.41, 5.74) is 0.255. The molecule has 2 aromatic carbocycles. The molecule has 0 heterocycles. The number of alkyl halides is 3. The lowest BCUT2D eigenvalue weighted by molar-refractivity contribution is -0.137. The van der Waals surface area contributed by atoms with Gasteiger partial charge in [-0.3, -0.25) is 4.79 Å². The zero-order valence-corrected chi connectivity index (χ0v) is 11.5. The van der Waals surface area contributed by atoms with Gasteiger partial charge in [0.2, 0.25) is 0 Å². The molecule has 0 fully saturated rings. The minimum absolute atomic E-state index is 0.00931. The molecule has 2 nitrogen and oxygen atoms in total. The number of rotatable bonds is 2. The first-order valence-electron chi connectivity index (χ1n) is 6.24. The maximum Gasteiger partial charge on any atom is 0.417 e. The normalized spacial score (nSPS) is 11.3. The molecule has 0 unspecified atom stereocenters. The summed E-state index contributed by atoms with van der Waals surface area (Å²) in [4.78, 5) is 11.1. The number of hydrogen-bond acceptors (Lipinski definition) is 2. The predicted octanol–water partition coefficient (Wildman–Crippen LogP) is 4.61. The first-order valence-corrected chi connectivity index (χ1v) is 6.24. The van der Waals surface area contributed by atoms with Crippen LogP contribution in [0.4, 0.5) is 13.2 Å². The monoisotopic (exact) mass is 294 g/mol. The first-order chi connectivity index (χ1) is 9.79. The topological polar surface area (TPSA) is 26.3 Å². The van der Waals surface area contributed by atoms with Crippen LogP contribution in [0.3, 0.4) is 0 Å². The van der Waals surface area contributed by atoms with Crippen molar-refractivity contribution in [2.75, 3.05) is 0 Å². The molecule has 0 radical (unpaired) electrons. The van der Waals surface area contributed by atoms with Crippen LogP contribution in [-0.2, 0) is 11.0 Å². The summed E-state index contributed by atoms with van der Waals surface area (Å²) in [6.07, 6.45) is -4.48. The lowest BCUT2D eigenvalue weighted by Gasteiger charge is -2.15. The highest BCUT2D eigenvalue weighted by Gasteiger charge is 2.34. The molecule has 2 rings (SSSR count). The van der Waals surface area contributed by atoms with Crippen LogP contribution in [0.5, 0.6) is 5.75 Å². The Morgan fingerprint density at radius 3 is 2.33 bits per heavy atom. The Morgan fingerprint density at radius 2 is 1.71 bits per heavy atom. The third-order valence-electron chi connectivity index (χ3n) is 2.91. The first kappa shape index (κ1) is 15.1. The Kier molecular flexibility index (Phi) is 4.02. The van der Waals surface area contributed by atoms with E-state index in [1.807, 2.05) is 0 Å². The average Bonchev–Trinajstić information content (AvgIpc) is 2.39. The van der Waals surface area contributed by atoms with Crippen molar-refractivity contribution in [1.29, 1.82) is 0 Å². The molecule has 2 aromatic rings. The van der Waals surface area contributed by atoms with Crippen LogP contribution in [0.1, 0.15) is 18.1 Å². The van der Waals surface area contributed by atoms with Crippen molar-refractivity contribution in [2.45, 2.75) is 20.0 Å². The number of hydrogen-bond donors (Lipinski definition) is 0. The van der Waals surface area contributed by atoms with E-state index in [9.17, 15) is 18.0 Å². The van der Waals surface area contributed by atoms with E-state index < -0.39 is 17.7 Å². The van der Waals surface area contributed by atoms with Crippen LogP contribution in [0.25, 0.3) is 11.1 Å². The predicted molar refractivity (Wildman–Crippen MR) is 72.9 cm³/mol. The second kappa shape index (κ2) is 5.60. The summed E-state index contributed by atoms with van der Waals surface area (Å²) in [6.45, 7) is 2.97. The standard InChI is InChI=1S/C16H13F3O2/c1-10-7-8-15(21-11(2)20)13(9-10)12-5-3-4-6-14(12)16(17,18)19/h3-9H,1-2H3. The van der Waals surface area contributed by atoms with Gasteiger partial charge in [-0.25, -0.2) is 0 Å². The van der Waals surface area contributed by atoms with Crippen LogP contribution in [0.2, 0.25) is 0 Å². The number of carbonyl (C=O) groups is 1. The molecule has 110 valence electrons. The lowest BCUT2D eigenvalue weighted by Crippen LogP contribution is -2.08. The minimum Gasteiger partial charge on any atom is -0.426 e. The molecule has 0 aliphatic carbocycles. The Bertz CT molecular complexity index is 675. The van der Waals surface area contributed by atoms with Crippen LogP contribution in [0.15, 0.2) is 42.5 Å². The quantitative estimate of drug-likeness (QED) is 0.597. The highest BCUT2D eigenvalue weighted by Crippen LogP contribution is 2.40. The summed E-state index contributed by atoms with van der Waals surface area (Å²) in [7, 11) is 0. The van der Waals surface area contributed by atoms with Crippen LogP contribution >= 0.6 is 0 Å². The third kappa shape index (κ3) is 3.42. The number of esters is 1. The molecule has 0 atom stereocenters. The molecular formula is C16H13F3O2. The summed E-state index contributed by atoms with van der Waals surface area (Å²) in [5.74, 6) is -0.464. The summed E-state index contributed by atoms with van der Waals surface area (Å²) < 4.78 is 44.4. The lowest BCUT2D eigenvalue weighted by atomic mass is 9.97. The summed E-state index contributed by atoms with van der Waals surface area (Å²) in [5, 5.41) is 0. The van der Waals surface area contributed by atoms with Crippen molar-refractivity contribution in [3.63, 3.8) is 0 Å². The number of halogens is 3. The van der Waals surface area contributed by atoms with Crippen molar-refractivity contribution >= 4 is 5.97 Å². The molecule has 0 N–H and O–H groups in total. The summed E-state index contributed by atoms with van der Waals surface area (Å²) >= 11 is 0. The van der Waals surface area contributed by atoms with Gasteiger partial charge in [0.1, 0.15) is 5.75 Å². The van der Waals surface area contributed by atoms with Gasteiger partial charge >= 0.3 is 12.1 Å². The molecule has 0 saturated carbocycles. The van der Waals surface area contributed by atoms with Gasteiger partial charge in [-0.2, -0.15) is 13.2 Å². The molecule has 0 bridgehead atoms. The van der Waals surface area contributed by atoms with Gasteiger partial charge < -0.3 is 4.74 Å². The molecule has 0 spiro atoms. The largest absolute Gasteiger partial charge is 0.426 e. The van der Waals surface area contributed by atoms with Crippen LogP contribution < -0.4 is 4.74 Å². The molecule has 0 saturated heterocycles. The molecule has 0 aliphatic rings. The SMILES string of the molecule is CC(=O)Oc1ccc(C)cc1-c1ccccc1C(F)(F)F. The van der Waals surface area contributed by atoms with Gasteiger partial charge in [0.05, 0.1) is 5.56 Å². The van der Waals surface area contributed by atoms with E-state index in [0.717, 1.165) is 11.6 Å². The van der Waals surface area contributed by atoms with Crippen molar-refractivity contribution in [3.05, 3.63) is 53.6 Å². The van der Waals surface area contributed by atoms with Gasteiger partial charge in [0, 0.05) is 12.5 Å². The fourth-order valence-corrected chi connectivity index (χ4v) is 2.06. The van der Waals surface area contributed by atoms with E-state index in [-0.39, 0.29) is 16.9 Å². The van der Waals surface area contributed by atoms with Gasteiger partial charge in [-0.05, 0) is 30.7 Å². The van der Waals surface area contributed by atoms with Gasteiger partial charge in [0.25, 0.3) is 0 Å². The van der Waals surface area contributed by atoms with E-state index in [1.165, 1.54) is 31.2 Å². The Morgan fingerprint density at radius 1 is 1.05 bits per heavy atom. The van der Waals surface area contributed by atoms with Crippen LogP contribution in [-0.4, -0.2) is 5.97 Å². The van der Waals surface area contributed by atoms with Crippen molar-refractivity contribution < 1.29 is 22.7 Å². The average molecular weight is 294 g/mol. The second-order valence-electron chi connectivity index (χ2n) is 4.64. The maximum absolute atomic E-state index is 13.1. The molecule has 21 heavy (non-hydrogen) atoms. The Hall–Kier alpha value is -2.30. The smallest absolute Gasteiger partial charge is 0.417 e. The van der Waals surface area contributed by atoms with Crippen molar-refractivity contribution in [1.82, 2.24) is 0 Å². The number of ether oxygens (including phenoxy) is 1. The van der Waals surface area contributed by atoms with Gasteiger partial charge in [-0.1, -0.05) is 29.8 Å². The molecular weight excluding hydrogens is 281 g/mol. The van der Waals surface area contributed by atoms with E-state index >= 15 is 0 Å². The minimum atomic E-state index is -4.48. The fraction of sp³-hybridized carbons (Fsp3) is 0.188. The molecule has 0 aromatic heterocycles. The Labute approximate surface area is 120 Å². The van der Waals surface area contributed by atoms with Crippen molar-refractivity contribution in [3.8, 4) is 16.9 Å². The van der Waals surface area contributed by atoms with Gasteiger partial charge in [0.15, 0.2) is 0 Å².